The number of aromatic nitrogens is 3. The van der Waals surface area contributed by atoms with Gasteiger partial charge in [-0.15, -0.1) is 5.10 Å². The van der Waals surface area contributed by atoms with Crippen molar-refractivity contribution >= 4 is 17.8 Å². The number of benzene rings is 1. The van der Waals surface area contributed by atoms with Crippen LogP contribution in [0.1, 0.15) is 16.8 Å². The summed E-state index contributed by atoms with van der Waals surface area (Å²) in [5.41, 5.74) is 1.83. The molecule has 16 heteroatoms. The molecule has 0 bridgehead atoms. The number of imide groups is 1. The van der Waals surface area contributed by atoms with Crippen molar-refractivity contribution in [2.24, 2.45) is 0 Å². The molecule has 15 nitrogen and oxygen atoms in total. The summed E-state index contributed by atoms with van der Waals surface area (Å²) in [5, 5.41) is 48.4. The maximum absolute atomic E-state index is 12.3. The predicted molar refractivity (Wildman–Crippen MR) is 125 cm³/mol. The summed E-state index contributed by atoms with van der Waals surface area (Å²) >= 11 is 0. The molecule has 2 fully saturated rings. The Balaban J connectivity index is 0.00000441. The van der Waals surface area contributed by atoms with Crippen LogP contribution in [0.25, 0.3) is 11.3 Å². The van der Waals surface area contributed by atoms with Gasteiger partial charge in [-0.25, -0.2) is 4.68 Å². The first-order valence-corrected chi connectivity index (χ1v) is 12.3. The van der Waals surface area contributed by atoms with Gasteiger partial charge in [0.05, 0.1) is 51.7 Å². The number of hydrogen-bond acceptors (Lipinski definition) is 13. The van der Waals surface area contributed by atoms with Gasteiger partial charge in [-0.2, -0.15) is 0 Å². The number of carbonyl (C=O) groups excluding carboxylic acids is 3. The van der Waals surface area contributed by atoms with Crippen molar-refractivity contribution in [3.8, 4) is 11.3 Å². The third-order valence-electron chi connectivity index (χ3n) is 6.21. The van der Waals surface area contributed by atoms with Gasteiger partial charge in [-0.3, -0.25) is 14.5 Å². The molecule has 212 valence electrons. The Labute approximate surface area is 250 Å². The Kier molecular flexibility index (Phi) is 12.1. The van der Waals surface area contributed by atoms with Crippen LogP contribution in [-0.2, 0) is 35.1 Å². The first-order valence-electron chi connectivity index (χ1n) is 12.3. The summed E-state index contributed by atoms with van der Waals surface area (Å²) in [4.78, 5) is 35.9. The number of aliphatic hydroxyl groups is 3. The molecule has 1 aromatic heterocycles. The molecule has 2 aliphatic heterocycles. The van der Waals surface area contributed by atoms with Crippen molar-refractivity contribution in [3.63, 3.8) is 0 Å². The van der Waals surface area contributed by atoms with E-state index in [1.165, 1.54) is 4.90 Å². The van der Waals surface area contributed by atoms with Crippen LogP contribution in [0.3, 0.4) is 0 Å². The number of nitrogens with zero attached hydrogens (tertiary/aromatic N) is 4. The van der Waals surface area contributed by atoms with Crippen molar-refractivity contribution < 1.29 is 83.3 Å². The molecule has 2 saturated heterocycles. The molecule has 3 heterocycles. The summed E-state index contributed by atoms with van der Waals surface area (Å²) in [6.45, 7) is 1.74. The number of β-lactam (4-membered cyclic amide) rings is 1. The molecule has 0 radical (unpaired) electrons. The molecule has 2 aromatic rings. The van der Waals surface area contributed by atoms with Crippen molar-refractivity contribution in [3.05, 3.63) is 36.0 Å². The first kappa shape index (κ1) is 32.2. The second kappa shape index (κ2) is 15.1. The maximum Gasteiger partial charge on any atom is 1.00 e. The third-order valence-corrected chi connectivity index (χ3v) is 6.21. The van der Waals surface area contributed by atoms with Crippen LogP contribution in [0.4, 0.5) is 0 Å². The third kappa shape index (κ3) is 7.91. The molecule has 2 amide bonds. The number of rotatable bonds is 13. The fourth-order valence-electron chi connectivity index (χ4n) is 3.89. The van der Waals surface area contributed by atoms with Gasteiger partial charge in [-0.05, 0) is 12.1 Å². The fraction of sp³-hybridized carbons (Fsp3) is 0.542. The Morgan fingerprint density at radius 2 is 1.68 bits per heavy atom. The average molecular weight is 573 g/mol. The smallest absolute Gasteiger partial charge is 0.547 e. The van der Waals surface area contributed by atoms with Crippen LogP contribution in [-0.4, -0.2) is 123 Å². The van der Waals surface area contributed by atoms with Crippen LogP contribution >= 0.6 is 0 Å². The average Bonchev–Trinajstić information content (AvgIpc) is 3.39. The van der Waals surface area contributed by atoms with Gasteiger partial charge in [0.25, 0.3) is 5.91 Å². The van der Waals surface area contributed by atoms with E-state index in [4.69, 9.17) is 18.9 Å². The monoisotopic (exact) mass is 572 g/mol. The number of aliphatic hydroxyl groups excluding tert-OH is 3. The van der Waals surface area contributed by atoms with Gasteiger partial charge >= 0.3 is 29.6 Å². The SMILES string of the molecule is O=C([O-])C1OC(OCCOCCOCCn2cc(-c3ccc(C(=O)N4CCC4=O)cc3)nn2)C(O)C(O)C1O.[Na+]. The molecule has 40 heavy (non-hydrogen) atoms. The zero-order valence-electron chi connectivity index (χ0n) is 21.8. The van der Waals surface area contributed by atoms with Gasteiger partial charge in [0.15, 0.2) is 6.29 Å². The molecule has 4 rings (SSSR count). The quantitative estimate of drug-likeness (QED) is 0.0886. The van der Waals surface area contributed by atoms with Crippen LogP contribution in [0.15, 0.2) is 30.5 Å². The van der Waals surface area contributed by atoms with Gasteiger partial charge in [0, 0.05) is 24.1 Å². The molecule has 0 saturated carbocycles. The minimum absolute atomic E-state index is 0. The molecule has 5 unspecified atom stereocenters. The van der Waals surface area contributed by atoms with E-state index in [1.54, 1.807) is 35.1 Å². The second-order valence-corrected chi connectivity index (χ2v) is 8.86. The van der Waals surface area contributed by atoms with E-state index in [0.717, 1.165) is 5.56 Å². The number of carbonyl (C=O) groups is 3. The minimum Gasteiger partial charge on any atom is -0.547 e. The maximum atomic E-state index is 12.3. The van der Waals surface area contributed by atoms with Crippen LogP contribution < -0.4 is 34.7 Å². The van der Waals surface area contributed by atoms with Crippen molar-refractivity contribution in [2.75, 3.05) is 39.6 Å². The number of ether oxygens (including phenoxy) is 4. The number of carboxylic acid groups (broad SMARTS) is 1. The molecular formula is C24H29N4NaO11. The van der Waals surface area contributed by atoms with E-state index in [0.29, 0.717) is 37.4 Å². The molecule has 0 spiro atoms. The van der Waals surface area contributed by atoms with Crippen LogP contribution in [0.2, 0.25) is 0 Å². The van der Waals surface area contributed by atoms with Gasteiger partial charge in [0.1, 0.15) is 30.1 Å². The summed E-state index contributed by atoms with van der Waals surface area (Å²) < 4.78 is 22.6. The van der Waals surface area contributed by atoms with Gasteiger partial charge < -0.3 is 44.2 Å². The largest absolute Gasteiger partial charge is 1.00 e. The number of likely N-dealkylation sites (tertiary alicyclic amines) is 1. The number of aliphatic carboxylic acids is 1. The number of amides is 2. The normalized spacial score (nSPS) is 24.3. The molecule has 2 aliphatic rings. The van der Waals surface area contributed by atoms with Crippen molar-refractivity contribution in [1.82, 2.24) is 19.9 Å². The minimum atomic E-state index is -1.84. The topological polar surface area (TPSA) is 206 Å². The Morgan fingerprint density at radius 1 is 1.00 bits per heavy atom. The van der Waals surface area contributed by atoms with Gasteiger partial charge in [0.2, 0.25) is 5.91 Å². The molecule has 1 aromatic carbocycles. The molecular weight excluding hydrogens is 543 g/mol. The Hall–Kier alpha value is -2.31. The van der Waals surface area contributed by atoms with E-state index < -0.39 is 36.7 Å². The first-order chi connectivity index (χ1) is 18.8. The van der Waals surface area contributed by atoms with Crippen LogP contribution in [0, 0.1) is 0 Å². The second-order valence-electron chi connectivity index (χ2n) is 8.86. The van der Waals surface area contributed by atoms with E-state index in [2.05, 4.69) is 10.3 Å². The summed E-state index contributed by atoms with van der Waals surface area (Å²) in [7, 11) is 0. The summed E-state index contributed by atoms with van der Waals surface area (Å²) in [5.74, 6) is -2.21. The van der Waals surface area contributed by atoms with E-state index in [-0.39, 0.29) is 67.8 Å². The molecule has 3 N–H and O–H groups in total. The van der Waals surface area contributed by atoms with Crippen molar-refractivity contribution in [1.29, 1.82) is 0 Å². The summed E-state index contributed by atoms with van der Waals surface area (Å²) in [6.07, 6.45) is -6.39. The van der Waals surface area contributed by atoms with E-state index in [9.17, 15) is 34.8 Å². The number of carboxylic acids is 1. The Bertz CT molecular complexity index is 1150. The zero-order valence-corrected chi connectivity index (χ0v) is 23.8. The number of hydrogen-bond donors (Lipinski definition) is 3. The Morgan fingerprint density at radius 3 is 2.30 bits per heavy atom. The molecule has 5 atom stereocenters. The standard InChI is InChI=1S/C24H30N4O11.Na/c29-17-5-6-28(17)22(33)15-3-1-14(2-4-15)16-13-27(26-25-16)7-8-36-9-10-37-11-12-38-24-20(32)18(30)19(31)21(39-24)23(34)35;/h1-4,13,18-21,24,30-32H,5-12H2,(H,34,35);/q;+1/p-1. The molecule has 0 aliphatic carbocycles. The fourth-order valence-corrected chi connectivity index (χ4v) is 3.89. The zero-order chi connectivity index (χ0) is 27.9. The van der Waals surface area contributed by atoms with E-state index >= 15 is 0 Å². The summed E-state index contributed by atoms with van der Waals surface area (Å²) in [6, 6.07) is 6.80. The predicted octanol–water partition coefficient (Wildman–Crippen LogP) is -6.07. The van der Waals surface area contributed by atoms with Crippen LogP contribution in [0.5, 0.6) is 0 Å². The van der Waals surface area contributed by atoms with Gasteiger partial charge in [-0.1, -0.05) is 17.3 Å². The van der Waals surface area contributed by atoms with Crippen molar-refractivity contribution in [2.45, 2.75) is 43.7 Å². The van der Waals surface area contributed by atoms with E-state index in [1.807, 2.05) is 0 Å².